The zero-order valence-corrected chi connectivity index (χ0v) is 54.6. The predicted molar refractivity (Wildman–Crippen MR) is 313 cm³/mol. The number of hydrogen-bond donors (Lipinski definition) is 27. The van der Waals surface area contributed by atoms with Gasteiger partial charge < -0.3 is 200 Å². The Kier molecular flexibility index (Phi) is 29.8. The van der Waals surface area contributed by atoms with Crippen molar-refractivity contribution in [3.8, 4) is 0 Å². The van der Waals surface area contributed by atoms with E-state index < -0.39 is 321 Å². The van der Waals surface area contributed by atoms with Gasteiger partial charge in [-0.1, -0.05) is 0 Å². The van der Waals surface area contributed by atoms with Crippen LogP contribution >= 0.6 is 0 Å². The van der Waals surface area contributed by atoms with Gasteiger partial charge in [-0.05, 0) is 0 Å². The van der Waals surface area contributed by atoms with Crippen molar-refractivity contribution in [2.45, 2.75) is 266 Å². The van der Waals surface area contributed by atoms with Crippen molar-refractivity contribution < 1.29 is 208 Å². The molecule has 0 spiro atoms. The van der Waals surface area contributed by atoms with E-state index in [1.165, 1.54) is 0 Å². The third-order valence-electron chi connectivity index (χ3n) is 18.1. The zero-order chi connectivity index (χ0) is 76.1. The van der Waals surface area contributed by atoms with E-state index in [1.54, 1.807) is 0 Å². The summed E-state index contributed by atoms with van der Waals surface area (Å²) >= 11 is 0. The maximum Gasteiger partial charge on any atom is 0.364 e. The van der Waals surface area contributed by atoms with Crippen LogP contribution in [-0.4, -0.2) is 425 Å². The molecular weight excluding hydrogens is 1400 g/mol. The quantitative estimate of drug-likeness (QED) is 0.0331. The molecule has 7 rings (SSSR count). The summed E-state index contributed by atoms with van der Waals surface area (Å²) in [6.45, 7) is -3.93. The van der Waals surface area contributed by atoms with E-state index in [-0.39, 0.29) is 0 Å². The van der Waals surface area contributed by atoms with E-state index in [1.807, 2.05) is 0 Å². The van der Waals surface area contributed by atoms with Gasteiger partial charge in [-0.3, -0.25) is 19.2 Å². The summed E-state index contributed by atoms with van der Waals surface area (Å²) in [6, 6.07) is -6.97. The molecular formula is C56H92N4O42. The SMILES string of the molecule is CC(=O)N[C@H]1[C@H](OC[C@H]2O[C@@H](O)[C@H](O)[C@@H](O[C@@H]3O[C@H](CO)[C@@H](O[C@@H]4O[C@H](CO[C@]5(C(=O)O)C[C@H](O)[C@@H](NC(C)=O)[C@H]([C@H](O)[C@H](O)CO)O5)[C@H](O)[C@H](O)[C@H]4O)[C@H](O)[C@H]3NC(C)=O)[C@H]2O)O[C@H](CO)[C@@H](O[C@@H]2O[C@H](CO[C@]3(C(=O)O)C[C@H](O)[C@@H](NC(C)=O)[C@H]([C@H](O)[C@H](O)CO)O3)[C@H](O)[C@H](O)[C@H]2O)[C@@H]1O. The first-order valence-electron chi connectivity index (χ1n) is 31.9. The normalized spacial score (nSPS) is 44.6. The number of amides is 4. The van der Waals surface area contributed by atoms with Crippen LogP contribution in [0.2, 0.25) is 0 Å². The lowest BCUT2D eigenvalue weighted by molar-refractivity contribution is -0.373. The fourth-order valence-electron chi connectivity index (χ4n) is 12.7. The molecule has 27 N–H and O–H groups in total. The highest BCUT2D eigenvalue weighted by Gasteiger charge is 2.61. The Morgan fingerprint density at radius 3 is 1.11 bits per heavy atom. The largest absolute Gasteiger partial charge is 0.477 e. The van der Waals surface area contributed by atoms with Gasteiger partial charge in [0.1, 0.15) is 159 Å². The molecule has 102 heavy (non-hydrogen) atoms. The molecule has 0 aromatic rings. The Morgan fingerprint density at radius 1 is 0.402 bits per heavy atom. The van der Waals surface area contributed by atoms with Crippen LogP contribution in [0, 0.1) is 0 Å². The number of carboxylic acids is 2. The van der Waals surface area contributed by atoms with Crippen LogP contribution in [0.4, 0.5) is 0 Å². The minimum absolute atomic E-state index is 0.809. The molecule has 46 heteroatoms. The molecule has 0 radical (unpaired) electrons. The fraction of sp³-hybridized carbons (Fsp3) is 0.893. The minimum atomic E-state index is -3.02. The topological polar surface area (TPSA) is 736 Å². The average molecular weight is 1490 g/mol. The van der Waals surface area contributed by atoms with E-state index in [0.717, 1.165) is 27.7 Å². The Hall–Kier alpha value is -4.54. The van der Waals surface area contributed by atoms with Gasteiger partial charge in [0.15, 0.2) is 31.5 Å². The van der Waals surface area contributed by atoms with Crippen LogP contribution in [0.25, 0.3) is 0 Å². The molecule has 0 aliphatic carbocycles. The molecule has 0 aromatic heterocycles. The van der Waals surface area contributed by atoms with Crippen molar-refractivity contribution >= 4 is 35.6 Å². The van der Waals surface area contributed by atoms with Crippen molar-refractivity contribution in [2.24, 2.45) is 0 Å². The molecule has 46 nitrogen and oxygen atoms in total. The first-order valence-corrected chi connectivity index (χ1v) is 31.9. The number of carbonyl (C=O) groups is 6. The Morgan fingerprint density at radius 2 is 0.745 bits per heavy atom. The number of aliphatic hydroxyl groups is 21. The molecule has 588 valence electrons. The van der Waals surface area contributed by atoms with Gasteiger partial charge in [-0.2, -0.15) is 0 Å². The number of ether oxygens (including phenoxy) is 13. The molecule has 7 aliphatic heterocycles. The van der Waals surface area contributed by atoms with Crippen molar-refractivity contribution in [1.29, 1.82) is 0 Å². The molecule has 7 aliphatic rings. The second-order valence-corrected chi connectivity index (χ2v) is 25.5. The molecule has 0 saturated carbocycles. The van der Waals surface area contributed by atoms with Gasteiger partial charge in [-0.15, -0.1) is 0 Å². The molecule has 4 amide bonds. The van der Waals surface area contributed by atoms with E-state index in [2.05, 4.69) is 21.3 Å². The van der Waals surface area contributed by atoms with E-state index in [9.17, 15) is 146 Å². The number of carbonyl (C=O) groups excluding carboxylic acids is 4. The molecule has 7 heterocycles. The lowest BCUT2D eigenvalue weighted by Crippen LogP contribution is -2.70. The van der Waals surface area contributed by atoms with E-state index >= 15 is 0 Å². The highest BCUT2D eigenvalue weighted by Crippen LogP contribution is 2.40. The Bertz CT molecular complexity index is 2780. The standard InChI is InChI=1S/C56H92N4O42/c1-14(65)57-27-18(69)5-55(53(86)87,101-45(27)31(73)20(71)7-61)91-12-25-33(75)38(80)40(82)51(96-25)98-43-22(9-63)94-49(29(36(43)78)59-16(3)67)90-11-24-35(77)47(42(84)48(85)93-24)100-50-30(60-17(4)68)37(79)44(23(10-64)95-50)99-52-41(83)39(81)34(76)26(97-52)13-92-56(54(88)89)6-19(70)28(58-15(2)66)46(102-56)32(74)21(72)8-62/h18-52,61-64,69-85H,5-13H2,1-4H3,(H,57,65)(H,58,66)(H,59,67)(H,60,68)(H,86,87)(H,88,89)/t18-,19-,20+,21+,22+,23+,24+,25+,26+,27+,28+,29+,30+,31+,32+,33-,34-,35-,36+,37+,38-,39-,40+,41+,42+,43+,44+,45+,46+,47-,48+,49+,50-,51-,52-,55+,56+/m0/s1. The van der Waals surface area contributed by atoms with Gasteiger partial charge in [-0.25, -0.2) is 9.59 Å². The summed E-state index contributed by atoms with van der Waals surface area (Å²) in [5.41, 5.74) is 0. The number of carboxylic acid groups (broad SMARTS) is 2. The number of hydrogen-bond acceptors (Lipinski definition) is 40. The zero-order valence-electron chi connectivity index (χ0n) is 54.6. The first kappa shape index (κ1) is 84.7. The Labute approximate surface area is 576 Å². The van der Waals surface area contributed by atoms with Crippen molar-refractivity contribution in [3.63, 3.8) is 0 Å². The van der Waals surface area contributed by atoms with Crippen molar-refractivity contribution in [2.75, 3.05) is 46.2 Å². The predicted octanol–water partition coefficient (Wildman–Crippen LogP) is -17.3. The average Bonchev–Trinajstić information content (AvgIpc) is 0.779. The Balaban J connectivity index is 1.03. The van der Waals surface area contributed by atoms with E-state index in [0.29, 0.717) is 0 Å². The van der Waals surface area contributed by atoms with Crippen LogP contribution < -0.4 is 21.3 Å². The maximum absolute atomic E-state index is 12.8. The van der Waals surface area contributed by atoms with Gasteiger partial charge in [0.05, 0.1) is 70.5 Å². The molecule has 7 saturated heterocycles. The minimum Gasteiger partial charge on any atom is -0.477 e. The third-order valence-corrected chi connectivity index (χ3v) is 18.1. The summed E-state index contributed by atoms with van der Waals surface area (Å²) in [6.07, 6.45) is -67.0. The number of aliphatic carboxylic acids is 2. The summed E-state index contributed by atoms with van der Waals surface area (Å²) < 4.78 is 74.1. The molecule has 7 fully saturated rings. The monoisotopic (exact) mass is 1490 g/mol. The lowest BCUT2D eigenvalue weighted by atomic mass is 9.88. The van der Waals surface area contributed by atoms with E-state index in [4.69, 9.17) is 61.6 Å². The second kappa shape index (κ2) is 35.9. The number of aliphatic hydroxyl groups excluding tert-OH is 21. The molecule has 0 bridgehead atoms. The van der Waals surface area contributed by atoms with Crippen molar-refractivity contribution in [3.05, 3.63) is 0 Å². The molecule has 0 unspecified atom stereocenters. The van der Waals surface area contributed by atoms with Gasteiger partial charge >= 0.3 is 11.9 Å². The lowest BCUT2D eigenvalue weighted by Gasteiger charge is -2.49. The second-order valence-electron chi connectivity index (χ2n) is 25.5. The summed E-state index contributed by atoms with van der Waals surface area (Å²) in [5, 5.41) is 258. The van der Waals surface area contributed by atoms with Gasteiger partial charge in [0.2, 0.25) is 23.6 Å². The molecule has 37 atom stereocenters. The smallest absolute Gasteiger partial charge is 0.364 e. The highest BCUT2D eigenvalue weighted by atomic mass is 16.8. The highest BCUT2D eigenvalue weighted by molar-refractivity contribution is 5.77. The third kappa shape index (κ3) is 18.9. The summed E-state index contributed by atoms with van der Waals surface area (Å²) in [5.74, 6) is -13.5. The summed E-state index contributed by atoms with van der Waals surface area (Å²) in [7, 11) is 0. The number of nitrogens with one attached hydrogen (secondary N) is 4. The fourth-order valence-corrected chi connectivity index (χ4v) is 12.7. The van der Waals surface area contributed by atoms with Crippen LogP contribution in [0.3, 0.4) is 0 Å². The molecule has 0 aromatic carbocycles. The van der Waals surface area contributed by atoms with Gasteiger partial charge in [0, 0.05) is 40.5 Å². The van der Waals surface area contributed by atoms with Crippen LogP contribution in [0.15, 0.2) is 0 Å². The summed E-state index contributed by atoms with van der Waals surface area (Å²) in [4.78, 5) is 75.1. The van der Waals surface area contributed by atoms with Crippen LogP contribution in [-0.2, 0) is 90.3 Å². The van der Waals surface area contributed by atoms with Crippen LogP contribution in [0.5, 0.6) is 0 Å². The first-order chi connectivity index (χ1) is 47.8. The van der Waals surface area contributed by atoms with Crippen LogP contribution in [0.1, 0.15) is 40.5 Å². The van der Waals surface area contributed by atoms with Crippen molar-refractivity contribution in [1.82, 2.24) is 21.3 Å². The maximum atomic E-state index is 12.8. The van der Waals surface area contributed by atoms with Gasteiger partial charge in [0.25, 0.3) is 11.6 Å². The number of rotatable bonds is 29.